The molecule has 0 spiro atoms. The van der Waals surface area contributed by atoms with Gasteiger partial charge in [0.05, 0.1) is 21.7 Å². The highest BCUT2D eigenvalue weighted by atomic mass is 32.1. The topological polar surface area (TPSA) is 111 Å². The minimum Gasteiger partial charge on any atom is -0.448 e. The molecule has 0 fully saturated rings. The fourth-order valence-corrected chi connectivity index (χ4v) is 3.44. The summed E-state index contributed by atoms with van der Waals surface area (Å²) in [5.41, 5.74) is 6.58. The van der Waals surface area contributed by atoms with E-state index in [4.69, 9.17) is 10.5 Å². The van der Waals surface area contributed by atoms with Crippen LogP contribution in [0.2, 0.25) is 0 Å². The lowest BCUT2D eigenvalue weighted by Crippen LogP contribution is -2.45. The molecule has 1 atom stereocenters. The molecule has 7 nitrogen and oxygen atoms in total. The number of carbonyl (C=O) groups excluding carboxylic acids is 3. The molecule has 8 heteroatoms. The van der Waals surface area contributed by atoms with Gasteiger partial charge in [0.2, 0.25) is 0 Å². The number of ether oxygens (including phenoxy) is 1. The second-order valence-corrected chi connectivity index (χ2v) is 7.42. The Morgan fingerprint density at radius 1 is 1.14 bits per heavy atom. The summed E-state index contributed by atoms with van der Waals surface area (Å²) in [4.78, 5) is 41.6. The summed E-state index contributed by atoms with van der Waals surface area (Å²) in [5.74, 6) is -1.78. The van der Waals surface area contributed by atoms with E-state index in [0.717, 1.165) is 4.88 Å². The maximum absolute atomic E-state index is 12.9. The molecule has 0 aliphatic rings. The van der Waals surface area contributed by atoms with Gasteiger partial charge in [-0.25, -0.2) is 14.6 Å². The zero-order valence-corrected chi connectivity index (χ0v) is 16.2. The van der Waals surface area contributed by atoms with Crippen LogP contribution in [0.3, 0.4) is 0 Å². The molecule has 0 radical (unpaired) electrons. The SMILES string of the molecule is CC(C)[C@@H](OC(=O)c1cc(-c2cccs2)nc2ccccc12)C(=O)NC(N)=O. The Hall–Kier alpha value is -3.26. The number of amides is 3. The van der Waals surface area contributed by atoms with Crippen LogP contribution in [0.1, 0.15) is 24.2 Å². The Bertz CT molecular complexity index is 1030. The van der Waals surface area contributed by atoms with E-state index in [-0.39, 0.29) is 5.92 Å². The fourth-order valence-electron chi connectivity index (χ4n) is 2.76. The number of carbonyl (C=O) groups is 3. The van der Waals surface area contributed by atoms with Gasteiger partial charge >= 0.3 is 12.0 Å². The van der Waals surface area contributed by atoms with Gasteiger partial charge in [0.25, 0.3) is 5.91 Å². The van der Waals surface area contributed by atoms with E-state index in [2.05, 4.69) is 4.98 Å². The van der Waals surface area contributed by atoms with Crippen molar-refractivity contribution in [2.24, 2.45) is 11.7 Å². The smallest absolute Gasteiger partial charge is 0.339 e. The number of benzene rings is 1. The van der Waals surface area contributed by atoms with Gasteiger partial charge in [-0.05, 0) is 29.5 Å². The summed E-state index contributed by atoms with van der Waals surface area (Å²) in [6.45, 7) is 3.42. The van der Waals surface area contributed by atoms with Gasteiger partial charge in [-0.15, -0.1) is 11.3 Å². The second kappa shape index (κ2) is 8.18. The number of rotatable bonds is 5. The van der Waals surface area contributed by atoms with Crippen molar-refractivity contribution in [2.75, 3.05) is 0 Å². The first-order valence-electron chi connectivity index (χ1n) is 8.61. The summed E-state index contributed by atoms with van der Waals surface area (Å²) in [6.07, 6.45) is -1.16. The standard InChI is InChI=1S/C20H19N3O4S/c1-11(2)17(18(24)23-20(21)26)27-19(25)13-10-15(16-8-5-9-28-16)22-14-7-4-3-6-12(13)14/h3-11,17H,1-2H3,(H3,21,23,24,26)/t17-/m1/s1. The van der Waals surface area contributed by atoms with Crippen LogP contribution in [0.15, 0.2) is 47.8 Å². The normalized spacial score (nSPS) is 12.0. The zero-order chi connectivity index (χ0) is 20.3. The molecule has 2 aromatic heterocycles. The molecule has 3 rings (SSSR count). The summed E-state index contributed by atoms with van der Waals surface area (Å²) in [7, 11) is 0. The Morgan fingerprint density at radius 3 is 2.54 bits per heavy atom. The van der Waals surface area contributed by atoms with Crippen molar-refractivity contribution in [1.29, 1.82) is 0 Å². The molecule has 2 heterocycles. The number of nitrogens with one attached hydrogen (secondary N) is 1. The van der Waals surface area contributed by atoms with Crippen LogP contribution in [0.5, 0.6) is 0 Å². The Balaban J connectivity index is 2.00. The number of esters is 1. The molecule has 0 saturated heterocycles. The number of pyridine rings is 1. The third-order valence-corrected chi connectivity index (χ3v) is 4.95. The average Bonchev–Trinajstić information content (AvgIpc) is 3.18. The van der Waals surface area contributed by atoms with E-state index in [1.165, 1.54) is 11.3 Å². The zero-order valence-electron chi connectivity index (χ0n) is 15.3. The molecule has 144 valence electrons. The monoisotopic (exact) mass is 397 g/mol. The van der Waals surface area contributed by atoms with Crippen molar-refractivity contribution in [1.82, 2.24) is 10.3 Å². The number of aromatic nitrogens is 1. The number of nitrogens with zero attached hydrogens (tertiary/aromatic N) is 1. The lowest BCUT2D eigenvalue weighted by Gasteiger charge is -2.20. The number of hydrogen-bond donors (Lipinski definition) is 2. The number of nitrogens with two attached hydrogens (primary N) is 1. The van der Waals surface area contributed by atoms with Crippen molar-refractivity contribution in [3.05, 3.63) is 53.4 Å². The number of urea groups is 1. The number of imide groups is 1. The third kappa shape index (κ3) is 4.17. The molecule has 28 heavy (non-hydrogen) atoms. The van der Waals surface area contributed by atoms with Crippen LogP contribution < -0.4 is 11.1 Å². The first kappa shape index (κ1) is 19.5. The summed E-state index contributed by atoms with van der Waals surface area (Å²) < 4.78 is 5.46. The van der Waals surface area contributed by atoms with E-state index in [1.54, 1.807) is 32.0 Å². The Labute approximate surface area is 165 Å². The number of primary amides is 1. The largest absolute Gasteiger partial charge is 0.448 e. The number of thiophene rings is 1. The van der Waals surface area contributed by atoms with Crippen LogP contribution in [-0.2, 0) is 9.53 Å². The van der Waals surface area contributed by atoms with Crippen molar-refractivity contribution in [2.45, 2.75) is 20.0 Å². The predicted molar refractivity (Wildman–Crippen MR) is 107 cm³/mol. The highest BCUT2D eigenvalue weighted by Crippen LogP contribution is 2.28. The van der Waals surface area contributed by atoms with E-state index in [1.807, 2.05) is 35.0 Å². The summed E-state index contributed by atoms with van der Waals surface area (Å²) in [5, 5.41) is 4.50. The van der Waals surface area contributed by atoms with Gasteiger partial charge in [-0.1, -0.05) is 38.1 Å². The molecule has 0 aliphatic carbocycles. The molecule has 3 amide bonds. The average molecular weight is 397 g/mol. The highest BCUT2D eigenvalue weighted by molar-refractivity contribution is 7.13. The molecule has 1 aromatic carbocycles. The van der Waals surface area contributed by atoms with E-state index in [9.17, 15) is 14.4 Å². The summed E-state index contributed by atoms with van der Waals surface area (Å²) in [6, 6.07) is 11.7. The predicted octanol–water partition coefficient (Wildman–Crippen LogP) is 3.34. The first-order chi connectivity index (χ1) is 13.4. The van der Waals surface area contributed by atoms with Crippen LogP contribution in [-0.4, -0.2) is 29.0 Å². The minimum absolute atomic E-state index is 0.298. The molecule has 0 saturated carbocycles. The van der Waals surface area contributed by atoms with E-state index < -0.39 is 24.0 Å². The van der Waals surface area contributed by atoms with E-state index >= 15 is 0 Å². The summed E-state index contributed by atoms with van der Waals surface area (Å²) >= 11 is 1.51. The Morgan fingerprint density at radius 2 is 1.89 bits per heavy atom. The molecule has 3 N–H and O–H groups in total. The van der Waals surface area contributed by atoms with Crippen LogP contribution in [0, 0.1) is 5.92 Å². The van der Waals surface area contributed by atoms with Crippen molar-refractivity contribution in [3.8, 4) is 10.6 Å². The fraction of sp³-hybridized carbons (Fsp3) is 0.200. The van der Waals surface area contributed by atoms with Crippen LogP contribution >= 0.6 is 11.3 Å². The van der Waals surface area contributed by atoms with Gasteiger partial charge < -0.3 is 10.5 Å². The Kier molecular flexibility index (Phi) is 5.70. The molecular formula is C20H19N3O4S. The molecule has 0 bridgehead atoms. The lowest BCUT2D eigenvalue weighted by atomic mass is 10.0. The molecule has 0 aliphatic heterocycles. The van der Waals surface area contributed by atoms with Gasteiger partial charge in [0.15, 0.2) is 6.10 Å². The van der Waals surface area contributed by atoms with Crippen LogP contribution in [0.25, 0.3) is 21.5 Å². The number of fused-ring (bicyclic) bond motifs is 1. The third-order valence-electron chi connectivity index (χ3n) is 4.05. The van der Waals surface area contributed by atoms with Gasteiger partial charge in [0, 0.05) is 5.39 Å². The van der Waals surface area contributed by atoms with E-state index in [0.29, 0.717) is 22.2 Å². The maximum Gasteiger partial charge on any atom is 0.339 e. The highest BCUT2D eigenvalue weighted by Gasteiger charge is 2.29. The van der Waals surface area contributed by atoms with Crippen molar-refractivity contribution in [3.63, 3.8) is 0 Å². The number of hydrogen-bond acceptors (Lipinski definition) is 6. The number of para-hydroxylation sites is 1. The lowest BCUT2D eigenvalue weighted by molar-refractivity contribution is -0.130. The first-order valence-corrected chi connectivity index (χ1v) is 9.49. The van der Waals surface area contributed by atoms with Crippen LogP contribution in [0.4, 0.5) is 4.79 Å². The van der Waals surface area contributed by atoms with Gasteiger partial charge in [0.1, 0.15) is 0 Å². The second-order valence-electron chi connectivity index (χ2n) is 6.47. The quantitative estimate of drug-likeness (QED) is 0.642. The molecule has 0 unspecified atom stereocenters. The van der Waals surface area contributed by atoms with Gasteiger partial charge in [-0.3, -0.25) is 10.1 Å². The van der Waals surface area contributed by atoms with Crippen molar-refractivity contribution >= 4 is 40.1 Å². The molecule has 3 aromatic rings. The van der Waals surface area contributed by atoms with Gasteiger partial charge in [-0.2, -0.15) is 0 Å². The molecular weight excluding hydrogens is 378 g/mol. The maximum atomic E-state index is 12.9. The minimum atomic E-state index is -1.16. The van der Waals surface area contributed by atoms with Crippen molar-refractivity contribution < 1.29 is 19.1 Å².